The molecule has 0 bridgehead atoms. The van der Waals surface area contributed by atoms with Crippen molar-refractivity contribution in [2.24, 2.45) is 5.41 Å². The van der Waals surface area contributed by atoms with Crippen LogP contribution in [0.1, 0.15) is 52.9 Å². The molecule has 0 aromatic carbocycles. The third-order valence-electron chi connectivity index (χ3n) is 2.54. The van der Waals surface area contributed by atoms with Gasteiger partial charge >= 0.3 is 0 Å². The van der Waals surface area contributed by atoms with Gasteiger partial charge in [0.05, 0.1) is 6.10 Å². The molecule has 0 aromatic rings. The maximum atomic E-state index is 9.42. The Balaban J connectivity index is 3.60. The van der Waals surface area contributed by atoms with E-state index in [0.29, 0.717) is 11.8 Å². The van der Waals surface area contributed by atoms with E-state index < -0.39 is 0 Å². The Morgan fingerprint density at radius 3 is 2.23 bits per heavy atom. The van der Waals surface area contributed by atoms with Crippen LogP contribution in [-0.2, 0) is 0 Å². The van der Waals surface area contributed by atoms with Gasteiger partial charge in [0.2, 0.25) is 0 Å². The first-order valence-electron chi connectivity index (χ1n) is 5.31. The molecule has 0 spiro atoms. The van der Waals surface area contributed by atoms with Crippen molar-refractivity contribution < 1.29 is 10.2 Å². The summed E-state index contributed by atoms with van der Waals surface area (Å²) < 4.78 is 0. The van der Waals surface area contributed by atoms with Crippen LogP contribution in [0.4, 0.5) is 0 Å². The number of rotatable bonds is 7. The Kier molecular flexibility index (Phi) is 6.35. The van der Waals surface area contributed by atoms with Crippen molar-refractivity contribution in [1.82, 2.24) is 0 Å². The quantitative estimate of drug-likeness (QED) is 0.644. The van der Waals surface area contributed by atoms with E-state index in [1.54, 1.807) is 0 Å². The van der Waals surface area contributed by atoms with E-state index in [0.717, 1.165) is 12.8 Å². The molecule has 1 atom stereocenters. The lowest BCUT2D eigenvalue weighted by Crippen LogP contribution is -2.16. The first-order chi connectivity index (χ1) is 6.02. The zero-order valence-electron chi connectivity index (χ0n) is 9.21. The second kappa shape index (κ2) is 6.39. The van der Waals surface area contributed by atoms with Gasteiger partial charge < -0.3 is 10.2 Å². The van der Waals surface area contributed by atoms with E-state index in [2.05, 4.69) is 20.8 Å². The second-order valence-electron chi connectivity index (χ2n) is 4.62. The van der Waals surface area contributed by atoms with Gasteiger partial charge in [-0.05, 0) is 31.1 Å². The molecule has 0 aliphatic rings. The lowest BCUT2D eigenvalue weighted by atomic mass is 9.82. The van der Waals surface area contributed by atoms with Crippen molar-refractivity contribution in [2.45, 2.75) is 59.0 Å². The molecule has 0 aromatic heterocycles. The molecule has 13 heavy (non-hydrogen) atoms. The molecule has 0 heterocycles. The van der Waals surface area contributed by atoms with Crippen molar-refractivity contribution in [3.63, 3.8) is 0 Å². The van der Waals surface area contributed by atoms with E-state index in [-0.39, 0.29) is 12.7 Å². The highest BCUT2D eigenvalue weighted by Gasteiger charge is 2.17. The van der Waals surface area contributed by atoms with Crippen molar-refractivity contribution in [3.05, 3.63) is 0 Å². The van der Waals surface area contributed by atoms with Gasteiger partial charge in [-0.3, -0.25) is 0 Å². The molecule has 2 nitrogen and oxygen atoms in total. The summed E-state index contributed by atoms with van der Waals surface area (Å²) in [4.78, 5) is 0. The largest absolute Gasteiger partial charge is 0.396 e. The molecule has 0 unspecified atom stereocenters. The van der Waals surface area contributed by atoms with Crippen molar-refractivity contribution in [1.29, 1.82) is 0 Å². The minimum Gasteiger partial charge on any atom is -0.396 e. The molecule has 0 aliphatic carbocycles. The molecular formula is C11H24O2. The lowest BCUT2D eigenvalue weighted by molar-refractivity contribution is 0.108. The van der Waals surface area contributed by atoms with E-state index >= 15 is 0 Å². The Morgan fingerprint density at radius 1 is 1.15 bits per heavy atom. The highest BCUT2D eigenvalue weighted by molar-refractivity contribution is 4.70. The predicted molar refractivity (Wildman–Crippen MR) is 55.6 cm³/mol. The van der Waals surface area contributed by atoms with Crippen molar-refractivity contribution >= 4 is 0 Å². The topological polar surface area (TPSA) is 40.5 Å². The van der Waals surface area contributed by atoms with Gasteiger partial charge in [0.1, 0.15) is 0 Å². The Labute approximate surface area is 82.0 Å². The van der Waals surface area contributed by atoms with Crippen LogP contribution in [0.25, 0.3) is 0 Å². The highest BCUT2D eigenvalue weighted by Crippen LogP contribution is 2.28. The van der Waals surface area contributed by atoms with Crippen LogP contribution in [-0.4, -0.2) is 22.9 Å². The van der Waals surface area contributed by atoms with E-state index in [1.807, 2.05) is 0 Å². The van der Waals surface area contributed by atoms with Gasteiger partial charge in [0.15, 0.2) is 0 Å². The summed E-state index contributed by atoms with van der Waals surface area (Å²) in [6.07, 6.45) is 4.46. The smallest absolute Gasteiger partial charge is 0.0562 e. The minimum absolute atomic E-state index is 0.0926. The summed E-state index contributed by atoms with van der Waals surface area (Å²) in [5.74, 6) is 0. The Hall–Kier alpha value is -0.0800. The van der Waals surface area contributed by atoms with E-state index in [1.165, 1.54) is 12.8 Å². The standard InChI is InChI=1S/C11H24O2/c1-4-7-11(2,3)8-5-10(13)6-9-12/h10,12-13H,4-9H2,1-3H3/t10-/m0/s1. The molecule has 0 amide bonds. The minimum atomic E-state index is -0.318. The fourth-order valence-corrected chi connectivity index (χ4v) is 1.65. The average Bonchev–Trinajstić information content (AvgIpc) is 2.02. The molecule has 2 N–H and O–H groups in total. The van der Waals surface area contributed by atoms with Crippen LogP contribution >= 0.6 is 0 Å². The fraction of sp³-hybridized carbons (Fsp3) is 1.00. The lowest BCUT2D eigenvalue weighted by Gasteiger charge is -2.25. The van der Waals surface area contributed by atoms with Gasteiger partial charge in [0.25, 0.3) is 0 Å². The van der Waals surface area contributed by atoms with Crippen LogP contribution < -0.4 is 0 Å². The van der Waals surface area contributed by atoms with Crippen molar-refractivity contribution in [2.75, 3.05) is 6.61 Å². The third-order valence-corrected chi connectivity index (χ3v) is 2.54. The summed E-state index contributed by atoms with van der Waals surface area (Å²) in [5, 5.41) is 18.0. The van der Waals surface area contributed by atoms with Crippen molar-refractivity contribution in [3.8, 4) is 0 Å². The molecule has 0 saturated heterocycles. The highest BCUT2D eigenvalue weighted by atomic mass is 16.3. The maximum absolute atomic E-state index is 9.42. The van der Waals surface area contributed by atoms with Gasteiger partial charge in [0, 0.05) is 6.61 Å². The van der Waals surface area contributed by atoms with Gasteiger partial charge in [-0.15, -0.1) is 0 Å². The predicted octanol–water partition coefficient (Wildman–Crippen LogP) is 2.34. The first-order valence-corrected chi connectivity index (χ1v) is 5.31. The molecule has 80 valence electrons. The zero-order valence-corrected chi connectivity index (χ0v) is 9.21. The number of hydrogen-bond donors (Lipinski definition) is 2. The molecular weight excluding hydrogens is 164 g/mol. The molecule has 0 saturated carbocycles. The maximum Gasteiger partial charge on any atom is 0.0562 e. The zero-order chi connectivity index (χ0) is 10.3. The number of hydrogen-bond acceptors (Lipinski definition) is 2. The van der Waals surface area contributed by atoms with E-state index in [9.17, 15) is 5.11 Å². The molecule has 0 radical (unpaired) electrons. The number of aliphatic hydroxyl groups is 2. The summed E-state index contributed by atoms with van der Waals surface area (Å²) >= 11 is 0. The summed E-state index contributed by atoms with van der Waals surface area (Å²) in [6, 6.07) is 0. The van der Waals surface area contributed by atoms with Gasteiger partial charge in [-0.1, -0.05) is 27.2 Å². The van der Waals surface area contributed by atoms with Crippen LogP contribution in [0, 0.1) is 5.41 Å². The molecule has 2 heteroatoms. The second-order valence-corrected chi connectivity index (χ2v) is 4.62. The monoisotopic (exact) mass is 188 g/mol. The molecule has 0 fully saturated rings. The van der Waals surface area contributed by atoms with E-state index in [4.69, 9.17) is 5.11 Å². The van der Waals surface area contributed by atoms with Crippen LogP contribution in [0.2, 0.25) is 0 Å². The van der Waals surface area contributed by atoms with Crippen LogP contribution in [0.5, 0.6) is 0 Å². The molecule has 0 rings (SSSR count). The average molecular weight is 188 g/mol. The Bertz CT molecular complexity index is 121. The van der Waals surface area contributed by atoms with Gasteiger partial charge in [-0.25, -0.2) is 0 Å². The third kappa shape index (κ3) is 7.03. The fourth-order valence-electron chi connectivity index (χ4n) is 1.65. The summed E-state index contributed by atoms with van der Waals surface area (Å²) in [6.45, 7) is 6.76. The van der Waals surface area contributed by atoms with Gasteiger partial charge in [-0.2, -0.15) is 0 Å². The summed E-state index contributed by atoms with van der Waals surface area (Å²) in [5.41, 5.74) is 0.338. The summed E-state index contributed by atoms with van der Waals surface area (Å²) in [7, 11) is 0. The normalized spacial score (nSPS) is 14.5. The Morgan fingerprint density at radius 2 is 1.77 bits per heavy atom. The first kappa shape index (κ1) is 12.9. The SMILES string of the molecule is CCCC(C)(C)CC[C@H](O)CCO. The number of aliphatic hydroxyl groups excluding tert-OH is 2. The van der Waals surface area contributed by atoms with Crippen LogP contribution in [0.3, 0.4) is 0 Å². The molecule has 0 aliphatic heterocycles. The van der Waals surface area contributed by atoms with Crippen LogP contribution in [0.15, 0.2) is 0 Å².